The maximum absolute atomic E-state index is 14.1. The number of hydrogen-bond donors (Lipinski definition) is 1. The van der Waals surface area contributed by atoms with Gasteiger partial charge < -0.3 is 9.53 Å². The minimum atomic E-state index is -2.26. The highest BCUT2D eigenvalue weighted by Gasteiger charge is 2.48. The SMILES string of the molecule is CC(C)[Si](O[C@@H]1CC[C@H](c2cc(F)cc(F)c2)[C@H](CC(=O)O)c2cccnc21)(C(C)C)C(C)C. The Morgan fingerprint density at radius 3 is 2.18 bits per heavy atom. The Balaban J connectivity index is 2.14. The van der Waals surface area contributed by atoms with Gasteiger partial charge in [0.1, 0.15) is 11.6 Å². The molecule has 1 heterocycles. The minimum Gasteiger partial charge on any atom is -0.481 e. The molecule has 1 N–H and O–H groups in total. The molecule has 4 nitrogen and oxygen atoms in total. The molecule has 0 bridgehead atoms. The molecule has 1 aromatic heterocycles. The van der Waals surface area contributed by atoms with Crippen molar-refractivity contribution < 1.29 is 23.1 Å². The van der Waals surface area contributed by atoms with Gasteiger partial charge in [-0.3, -0.25) is 9.78 Å². The number of nitrogens with zero attached hydrogens (tertiary/aromatic N) is 1. The van der Waals surface area contributed by atoms with E-state index >= 15 is 0 Å². The standard InChI is InChI=1S/C27H37F2NO3Si/c1-16(2)34(17(3)4,18(5)6)33-25-10-9-22(19-12-20(28)14-21(29)13-19)24(15-26(31)32)23-8-7-11-30-27(23)25/h7-8,11-14,16-18,22,24-25H,9-10,15H2,1-6H3,(H,31,32)/t22-,24+,25-/m1/s1. The highest BCUT2D eigenvalue weighted by atomic mass is 28.4. The van der Waals surface area contributed by atoms with E-state index < -0.39 is 31.8 Å². The fourth-order valence-corrected chi connectivity index (χ4v) is 11.8. The molecule has 1 aliphatic rings. The van der Waals surface area contributed by atoms with Crippen molar-refractivity contribution in [2.45, 2.75) is 95.4 Å². The zero-order valence-electron chi connectivity index (χ0n) is 21.0. The number of halogens is 2. The van der Waals surface area contributed by atoms with Gasteiger partial charge in [-0.15, -0.1) is 0 Å². The number of aliphatic carboxylic acids is 1. The first-order chi connectivity index (χ1) is 16.0. The summed E-state index contributed by atoms with van der Waals surface area (Å²) in [6.07, 6.45) is 2.47. The molecular weight excluding hydrogens is 452 g/mol. The first-order valence-electron chi connectivity index (χ1n) is 12.3. The molecule has 1 aliphatic carbocycles. The Kier molecular flexibility index (Phi) is 8.29. The molecule has 3 rings (SSSR count). The fraction of sp³-hybridized carbons (Fsp3) is 0.556. The first-order valence-corrected chi connectivity index (χ1v) is 14.4. The highest BCUT2D eigenvalue weighted by molar-refractivity contribution is 6.77. The van der Waals surface area contributed by atoms with Gasteiger partial charge in [0.2, 0.25) is 8.32 Å². The lowest BCUT2D eigenvalue weighted by Crippen LogP contribution is -2.48. The predicted molar refractivity (Wildman–Crippen MR) is 132 cm³/mol. The molecule has 0 unspecified atom stereocenters. The van der Waals surface area contributed by atoms with Gasteiger partial charge in [0, 0.05) is 18.2 Å². The van der Waals surface area contributed by atoms with Crippen molar-refractivity contribution in [3.05, 3.63) is 65.0 Å². The monoisotopic (exact) mass is 489 g/mol. The van der Waals surface area contributed by atoms with Crippen LogP contribution in [0.1, 0.15) is 95.6 Å². The predicted octanol–water partition coefficient (Wildman–Crippen LogP) is 7.73. The number of aromatic nitrogens is 1. The second kappa shape index (κ2) is 10.6. The number of carbonyl (C=O) groups is 1. The average molecular weight is 490 g/mol. The summed E-state index contributed by atoms with van der Waals surface area (Å²) < 4.78 is 35.4. The van der Waals surface area contributed by atoms with Crippen molar-refractivity contribution >= 4 is 14.3 Å². The number of carboxylic acid groups (broad SMARTS) is 1. The summed E-state index contributed by atoms with van der Waals surface area (Å²) in [5, 5.41) is 9.73. The summed E-state index contributed by atoms with van der Waals surface area (Å²) in [4.78, 5) is 16.6. The normalized spacial score (nSPS) is 21.1. The second-order valence-corrected chi connectivity index (χ2v) is 15.9. The van der Waals surface area contributed by atoms with Crippen LogP contribution in [0.15, 0.2) is 36.5 Å². The van der Waals surface area contributed by atoms with Crippen molar-refractivity contribution in [3.63, 3.8) is 0 Å². The van der Waals surface area contributed by atoms with Gasteiger partial charge in [0.25, 0.3) is 0 Å². The molecule has 0 amide bonds. The van der Waals surface area contributed by atoms with Gasteiger partial charge in [0.05, 0.1) is 18.2 Å². The van der Waals surface area contributed by atoms with E-state index in [9.17, 15) is 18.7 Å². The van der Waals surface area contributed by atoms with E-state index in [0.29, 0.717) is 35.0 Å². The summed E-state index contributed by atoms with van der Waals surface area (Å²) >= 11 is 0. The molecule has 0 fully saturated rings. The molecule has 34 heavy (non-hydrogen) atoms. The molecule has 0 radical (unpaired) electrons. The van der Waals surface area contributed by atoms with E-state index in [0.717, 1.165) is 17.3 Å². The third-order valence-corrected chi connectivity index (χ3v) is 13.7. The number of pyridine rings is 1. The Morgan fingerprint density at radius 1 is 1.06 bits per heavy atom. The topological polar surface area (TPSA) is 59.4 Å². The van der Waals surface area contributed by atoms with Crippen molar-refractivity contribution in [1.82, 2.24) is 4.98 Å². The fourth-order valence-electron chi connectivity index (χ4n) is 6.30. The molecule has 186 valence electrons. The third kappa shape index (κ3) is 5.25. The number of carboxylic acids is 1. The summed E-state index contributed by atoms with van der Waals surface area (Å²) in [6.45, 7) is 13.4. The second-order valence-electron chi connectivity index (χ2n) is 10.5. The molecule has 0 aliphatic heterocycles. The zero-order chi connectivity index (χ0) is 25.2. The minimum absolute atomic E-state index is 0.144. The van der Waals surface area contributed by atoms with Crippen molar-refractivity contribution in [1.29, 1.82) is 0 Å². The van der Waals surface area contributed by atoms with E-state index in [-0.39, 0.29) is 18.4 Å². The van der Waals surface area contributed by atoms with Crippen molar-refractivity contribution in [2.75, 3.05) is 0 Å². The first kappa shape index (κ1) is 26.5. The van der Waals surface area contributed by atoms with E-state index in [2.05, 4.69) is 41.5 Å². The summed E-state index contributed by atoms with van der Waals surface area (Å²) in [6, 6.07) is 7.22. The molecule has 0 spiro atoms. The van der Waals surface area contributed by atoms with E-state index in [4.69, 9.17) is 9.41 Å². The van der Waals surface area contributed by atoms with Gasteiger partial charge in [-0.1, -0.05) is 47.6 Å². The molecule has 2 aromatic rings. The van der Waals surface area contributed by atoms with Gasteiger partial charge in [0.15, 0.2) is 0 Å². The largest absolute Gasteiger partial charge is 0.481 e. The summed E-state index contributed by atoms with van der Waals surface area (Å²) in [5.41, 5.74) is 3.20. The molecule has 3 atom stereocenters. The summed E-state index contributed by atoms with van der Waals surface area (Å²) in [7, 11) is -2.26. The smallest absolute Gasteiger partial charge is 0.303 e. The Hall–Kier alpha value is -2.12. The lowest BCUT2D eigenvalue weighted by Gasteiger charge is -2.44. The van der Waals surface area contributed by atoms with Crippen LogP contribution in [0.5, 0.6) is 0 Å². The van der Waals surface area contributed by atoms with Crippen LogP contribution in [0, 0.1) is 11.6 Å². The number of benzene rings is 1. The number of hydrogen-bond acceptors (Lipinski definition) is 3. The number of rotatable bonds is 8. The van der Waals surface area contributed by atoms with Crippen LogP contribution in [0.2, 0.25) is 16.6 Å². The van der Waals surface area contributed by atoms with Crippen LogP contribution in [-0.4, -0.2) is 24.4 Å². The van der Waals surface area contributed by atoms with Crippen LogP contribution < -0.4 is 0 Å². The van der Waals surface area contributed by atoms with Crippen LogP contribution in [0.4, 0.5) is 8.78 Å². The lowest BCUT2D eigenvalue weighted by atomic mass is 9.78. The maximum atomic E-state index is 14.1. The van der Waals surface area contributed by atoms with Crippen LogP contribution >= 0.6 is 0 Å². The Labute approximate surface area is 202 Å². The third-order valence-electron chi connectivity index (χ3n) is 7.56. The highest BCUT2D eigenvalue weighted by Crippen LogP contribution is 2.51. The van der Waals surface area contributed by atoms with Crippen LogP contribution in [-0.2, 0) is 9.22 Å². The van der Waals surface area contributed by atoms with Crippen LogP contribution in [0.3, 0.4) is 0 Å². The molecule has 7 heteroatoms. The van der Waals surface area contributed by atoms with Crippen molar-refractivity contribution in [2.24, 2.45) is 0 Å². The van der Waals surface area contributed by atoms with Gasteiger partial charge in [-0.05, 0) is 64.7 Å². The van der Waals surface area contributed by atoms with Gasteiger partial charge in [-0.25, -0.2) is 8.78 Å². The molecule has 0 saturated carbocycles. The van der Waals surface area contributed by atoms with E-state index in [1.165, 1.54) is 12.1 Å². The number of fused-ring (bicyclic) bond motifs is 1. The molecule has 1 aromatic carbocycles. The van der Waals surface area contributed by atoms with Crippen molar-refractivity contribution in [3.8, 4) is 0 Å². The zero-order valence-corrected chi connectivity index (χ0v) is 22.0. The Morgan fingerprint density at radius 2 is 1.65 bits per heavy atom. The Bertz CT molecular complexity index is 969. The van der Waals surface area contributed by atoms with E-state index in [1.807, 2.05) is 6.07 Å². The summed E-state index contributed by atoms with van der Waals surface area (Å²) in [5.74, 6) is -3.07. The average Bonchev–Trinajstić information content (AvgIpc) is 2.87. The van der Waals surface area contributed by atoms with Gasteiger partial charge in [-0.2, -0.15) is 0 Å². The quantitative estimate of drug-likeness (QED) is 0.304. The van der Waals surface area contributed by atoms with Gasteiger partial charge >= 0.3 is 5.97 Å². The molecular formula is C27H37F2NO3Si. The maximum Gasteiger partial charge on any atom is 0.303 e. The van der Waals surface area contributed by atoms with E-state index in [1.54, 1.807) is 12.3 Å². The van der Waals surface area contributed by atoms with Crippen LogP contribution in [0.25, 0.3) is 0 Å². The lowest BCUT2D eigenvalue weighted by molar-refractivity contribution is -0.137. The molecule has 0 saturated heterocycles.